The predicted molar refractivity (Wildman–Crippen MR) is 84.9 cm³/mol. The highest BCUT2D eigenvalue weighted by atomic mass is 35.5. The average molecular weight is 305 g/mol. The van der Waals surface area contributed by atoms with Gasteiger partial charge in [0.2, 0.25) is 0 Å². The van der Waals surface area contributed by atoms with Crippen LogP contribution in [0.5, 0.6) is 5.75 Å². The Morgan fingerprint density at radius 3 is 2.62 bits per heavy atom. The lowest BCUT2D eigenvalue weighted by Crippen LogP contribution is -2.28. The third-order valence-corrected chi connectivity index (χ3v) is 3.01. The zero-order chi connectivity index (χ0) is 15.1. The number of hydrogen-bond acceptors (Lipinski definition) is 2. The molecule has 0 unspecified atom stereocenters. The van der Waals surface area contributed by atoms with Gasteiger partial charge in [0.1, 0.15) is 5.75 Å². The minimum Gasteiger partial charge on any atom is -0.494 e. The van der Waals surface area contributed by atoms with Gasteiger partial charge in [-0.15, -0.1) is 0 Å². The van der Waals surface area contributed by atoms with Crippen LogP contribution >= 0.6 is 11.6 Å². The van der Waals surface area contributed by atoms with Crippen molar-refractivity contribution >= 4 is 23.3 Å². The molecule has 4 nitrogen and oxygen atoms in total. The first-order valence-corrected chi connectivity index (χ1v) is 7.07. The van der Waals surface area contributed by atoms with Crippen molar-refractivity contribution in [1.82, 2.24) is 5.32 Å². The Morgan fingerprint density at radius 2 is 1.95 bits per heavy atom. The van der Waals surface area contributed by atoms with Crippen molar-refractivity contribution in [3.63, 3.8) is 0 Å². The van der Waals surface area contributed by atoms with Crippen LogP contribution in [0.3, 0.4) is 0 Å². The normalized spacial score (nSPS) is 10.0. The molecular formula is C16H17ClN2O2. The van der Waals surface area contributed by atoms with E-state index in [1.807, 2.05) is 31.2 Å². The molecule has 0 saturated carbocycles. The van der Waals surface area contributed by atoms with Gasteiger partial charge >= 0.3 is 6.03 Å². The van der Waals surface area contributed by atoms with E-state index in [2.05, 4.69) is 10.6 Å². The van der Waals surface area contributed by atoms with Crippen LogP contribution in [0.4, 0.5) is 10.5 Å². The fourth-order valence-electron chi connectivity index (χ4n) is 1.79. The Kier molecular flexibility index (Phi) is 5.46. The fraction of sp³-hybridized carbons (Fsp3) is 0.188. The van der Waals surface area contributed by atoms with Gasteiger partial charge in [0.15, 0.2) is 0 Å². The van der Waals surface area contributed by atoms with E-state index >= 15 is 0 Å². The third kappa shape index (κ3) is 5.00. The molecule has 0 atom stereocenters. The van der Waals surface area contributed by atoms with E-state index in [1.54, 1.807) is 24.3 Å². The number of ether oxygens (including phenoxy) is 1. The number of urea groups is 1. The number of anilines is 1. The number of amides is 2. The Balaban J connectivity index is 1.83. The molecule has 2 N–H and O–H groups in total. The second-order valence-electron chi connectivity index (χ2n) is 4.39. The van der Waals surface area contributed by atoms with Crippen LogP contribution in [-0.4, -0.2) is 12.6 Å². The molecule has 0 aromatic heterocycles. The summed E-state index contributed by atoms with van der Waals surface area (Å²) < 4.78 is 5.36. The first-order valence-electron chi connectivity index (χ1n) is 6.69. The van der Waals surface area contributed by atoms with Crippen molar-refractivity contribution in [3.8, 4) is 5.75 Å². The number of halogens is 1. The maximum atomic E-state index is 11.8. The molecule has 0 aliphatic rings. The van der Waals surface area contributed by atoms with Crippen LogP contribution in [-0.2, 0) is 6.54 Å². The van der Waals surface area contributed by atoms with Crippen molar-refractivity contribution in [1.29, 1.82) is 0 Å². The highest BCUT2D eigenvalue weighted by Gasteiger charge is 2.02. The smallest absolute Gasteiger partial charge is 0.319 e. The lowest BCUT2D eigenvalue weighted by molar-refractivity contribution is 0.251. The lowest BCUT2D eigenvalue weighted by atomic mass is 10.2. The molecule has 21 heavy (non-hydrogen) atoms. The number of nitrogens with one attached hydrogen (secondary N) is 2. The van der Waals surface area contributed by atoms with E-state index in [9.17, 15) is 4.79 Å². The quantitative estimate of drug-likeness (QED) is 0.875. The molecule has 2 rings (SSSR count). The molecule has 2 amide bonds. The molecule has 0 saturated heterocycles. The van der Waals surface area contributed by atoms with Gasteiger partial charge < -0.3 is 15.4 Å². The van der Waals surface area contributed by atoms with Crippen molar-refractivity contribution in [2.24, 2.45) is 0 Å². The van der Waals surface area contributed by atoms with Crippen molar-refractivity contribution < 1.29 is 9.53 Å². The average Bonchev–Trinajstić information content (AvgIpc) is 2.47. The van der Waals surface area contributed by atoms with Crippen LogP contribution < -0.4 is 15.4 Å². The van der Waals surface area contributed by atoms with Crippen LogP contribution in [0, 0.1) is 0 Å². The van der Waals surface area contributed by atoms with Crippen molar-refractivity contribution in [2.45, 2.75) is 13.5 Å². The Morgan fingerprint density at radius 1 is 1.19 bits per heavy atom. The van der Waals surface area contributed by atoms with Crippen LogP contribution in [0.1, 0.15) is 12.5 Å². The van der Waals surface area contributed by atoms with E-state index in [4.69, 9.17) is 16.3 Å². The summed E-state index contributed by atoms with van der Waals surface area (Å²) in [6.45, 7) is 3.02. The number of rotatable bonds is 5. The lowest BCUT2D eigenvalue weighted by Gasteiger charge is -2.09. The topological polar surface area (TPSA) is 50.4 Å². The number of carbonyl (C=O) groups is 1. The maximum absolute atomic E-state index is 11.8. The summed E-state index contributed by atoms with van der Waals surface area (Å²) in [5.74, 6) is 0.824. The highest BCUT2D eigenvalue weighted by molar-refractivity contribution is 6.30. The van der Waals surface area contributed by atoms with Gasteiger partial charge in [-0.2, -0.15) is 0 Å². The monoisotopic (exact) mass is 304 g/mol. The summed E-state index contributed by atoms with van der Waals surface area (Å²) in [6.07, 6.45) is 0. The fourth-order valence-corrected chi connectivity index (χ4v) is 1.98. The molecule has 2 aromatic carbocycles. The van der Waals surface area contributed by atoms with Gasteiger partial charge in [-0.3, -0.25) is 0 Å². The molecule has 0 aliphatic carbocycles. The molecule has 0 bridgehead atoms. The van der Waals surface area contributed by atoms with Gasteiger partial charge in [0, 0.05) is 17.3 Å². The Labute approximate surface area is 129 Å². The number of benzene rings is 2. The van der Waals surface area contributed by atoms with Crippen molar-refractivity contribution in [3.05, 3.63) is 59.1 Å². The highest BCUT2D eigenvalue weighted by Crippen LogP contribution is 2.15. The van der Waals surface area contributed by atoms with E-state index in [0.717, 1.165) is 11.3 Å². The zero-order valence-electron chi connectivity index (χ0n) is 11.7. The molecule has 110 valence electrons. The third-order valence-electron chi connectivity index (χ3n) is 2.77. The van der Waals surface area contributed by atoms with E-state index in [0.29, 0.717) is 23.9 Å². The minimum absolute atomic E-state index is 0.272. The molecule has 0 fully saturated rings. The zero-order valence-corrected chi connectivity index (χ0v) is 12.5. The second-order valence-corrected chi connectivity index (χ2v) is 4.83. The molecule has 0 spiro atoms. The predicted octanol–water partition coefficient (Wildman–Crippen LogP) is 4.06. The van der Waals surface area contributed by atoms with E-state index in [1.165, 1.54) is 0 Å². The number of carbonyl (C=O) groups excluding carboxylic acids is 1. The summed E-state index contributed by atoms with van der Waals surface area (Å²) in [5, 5.41) is 6.09. The van der Waals surface area contributed by atoms with Gasteiger partial charge in [-0.1, -0.05) is 29.8 Å². The Bertz CT molecular complexity index is 599. The van der Waals surface area contributed by atoms with Crippen LogP contribution in [0.15, 0.2) is 48.5 Å². The molecular weight excluding hydrogens is 288 g/mol. The molecule has 0 aliphatic heterocycles. The maximum Gasteiger partial charge on any atom is 0.319 e. The summed E-state index contributed by atoms with van der Waals surface area (Å²) >= 11 is 5.86. The summed E-state index contributed by atoms with van der Waals surface area (Å²) in [4.78, 5) is 11.8. The SMILES string of the molecule is CCOc1ccc(CNC(=O)Nc2cccc(Cl)c2)cc1. The minimum atomic E-state index is -0.272. The standard InChI is InChI=1S/C16H17ClN2O2/c1-2-21-15-8-6-12(7-9-15)11-18-16(20)19-14-5-3-4-13(17)10-14/h3-10H,2,11H2,1H3,(H2,18,19,20). The summed E-state index contributed by atoms with van der Waals surface area (Å²) in [7, 11) is 0. The van der Waals surface area contributed by atoms with E-state index < -0.39 is 0 Å². The molecule has 0 radical (unpaired) electrons. The molecule has 2 aromatic rings. The molecule has 5 heteroatoms. The first kappa shape index (κ1) is 15.2. The van der Waals surface area contributed by atoms with E-state index in [-0.39, 0.29) is 6.03 Å². The Hall–Kier alpha value is -2.20. The van der Waals surface area contributed by atoms with Gasteiger partial charge in [0.25, 0.3) is 0 Å². The summed E-state index contributed by atoms with van der Waals surface area (Å²) in [6, 6.07) is 14.3. The van der Waals surface area contributed by atoms with Gasteiger partial charge in [-0.05, 0) is 42.8 Å². The van der Waals surface area contributed by atoms with Crippen LogP contribution in [0.25, 0.3) is 0 Å². The van der Waals surface area contributed by atoms with Gasteiger partial charge in [-0.25, -0.2) is 4.79 Å². The van der Waals surface area contributed by atoms with Crippen LogP contribution in [0.2, 0.25) is 5.02 Å². The second kappa shape index (κ2) is 7.55. The van der Waals surface area contributed by atoms with Gasteiger partial charge in [0.05, 0.1) is 6.61 Å². The summed E-state index contributed by atoms with van der Waals surface area (Å²) in [5.41, 5.74) is 1.66. The largest absolute Gasteiger partial charge is 0.494 e. The van der Waals surface area contributed by atoms with Crippen molar-refractivity contribution in [2.75, 3.05) is 11.9 Å². The number of hydrogen-bond donors (Lipinski definition) is 2. The molecule has 0 heterocycles. The first-order chi connectivity index (χ1) is 10.2.